The topological polar surface area (TPSA) is 102 Å². The van der Waals surface area contributed by atoms with Crippen LogP contribution >= 0.6 is 0 Å². The Hall–Kier alpha value is -3.42. The number of likely N-dealkylation sites (N-methyl/N-ethyl adjacent to an activating group) is 1. The van der Waals surface area contributed by atoms with Gasteiger partial charge in [-0.3, -0.25) is 19.7 Å². The summed E-state index contributed by atoms with van der Waals surface area (Å²) in [5, 5.41) is 14.3. The number of rotatable bonds is 8. The molecular formula is C19H21N3O5. The van der Waals surface area contributed by atoms with Crippen LogP contribution in [0.25, 0.3) is 0 Å². The molecule has 142 valence electrons. The van der Waals surface area contributed by atoms with Crippen LogP contribution in [0.5, 0.6) is 5.75 Å². The third kappa shape index (κ3) is 5.53. The molecule has 0 aliphatic rings. The van der Waals surface area contributed by atoms with Crippen molar-refractivity contribution in [1.29, 1.82) is 0 Å². The van der Waals surface area contributed by atoms with E-state index in [9.17, 15) is 19.7 Å². The predicted octanol–water partition coefficient (Wildman–Crippen LogP) is 2.88. The van der Waals surface area contributed by atoms with E-state index in [4.69, 9.17) is 4.74 Å². The zero-order chi connectivity index (χ0) is 20.0. The van der Waals surface area contributed by atoms with E-state index in [2.05, 4.69) is 5.32 Å². The fourth-order valence-corrected chi connectivity index (χ4v) is 2.27. The van der Waals surface area contributed by atoms with E-state index in [0.717, 1.165) is 5.56 Å². The summed E-state index contributed by atoms with van der Waals surface area (Å²) in [5.41, 5.74) is 1.27. The first-order valence-corrected chi connectivity index (χ1v) is 8.23. The molecule has 1 N–H and O–H groups in total. The van der Waals surface area contributed by atoms with E-state index >= 15 is 0 Å². The number of ketones is 1. The first kappa shape index (κ1) is 19.9. The molecule has 2 aromatic carbocycles. The largest absolute Gasteiger partial charge is 0.484 e. The monoisotopic (exact) mass is 371 g/mol. The number of hydrogen-bond acceptors (Lipinski definition) is 6. The van der Waals surface area contributed by atoms with Crippen molar-refractivity contribution >= 4 is 23.1 Å². The van der Waals surface area contributed by atoms with Gasteiger partial charge in [0.25, 0.3) is 11.6 Å². The lowest BCUT2D eigenvalue weighted by atomic mass is 10.1. The summed E-state index contributed by atoms with van der Waals surface area (Å²) in [6, 6.07) is 11.4. The molecule has 27 heavy (non-hydrogen) atoms. The summed E-state index contributed by atoms with van der Waals surface area (Å²) in [4.78, 5) is 35.2. The molecule has 0 unspecified atom stereocenters. The number of anilines is 1. The maximum atomic E-state index is 11.6. The summed E-state index contributed by atoms with van der Waals surface area (Å²) in [5.74, 6) is 0.146. The van der Waals surface area contributed by atoms with Crippen LogP contribution in [0.1, 0.15) is 22.8 Å². The maximum absolute atomic E-state index is 11.6. The molecule has 0 saturated carbocycles. The smallest absolute Gasteiger partial charge is 0.293 e. The van der Waals surface area contributed by atoms with Gasteiger partial charge in [-0.25, -0.2) is 0 Å². The number of carbonyl (C=O) groups excluding carboxylic acids is 2. The van der Waals surface area contributed by atoms with E-state index in [1.807, 2.05) is 6.07 Å². The number of nitrogens with one attached hydrogen (secondary N) is 1. The molecule has 0 fully saturated rings. The number of ether oxygens (including phenoxy) is 1. The molecule has 0 aliphatic carbocycles. The minimum atomic E-state index is -0.527. The second-order valence-electron chi connectivity index (χ2n) is 6.12. The van der Waals surface area contributed by atoms with Gasteiger partial charge in [0.05, 0.1) is 4.92 Å². The molecule has 0 spiro atoms. The number of hydrogen-bond donors (Lipinski definition) is 1. The molecule has 8 heteroatoms. The van der Waals surface area contributed by atoms with Crippen LogP contribution in [-0.4, -0.2) is 42.2 Å². The second kappa shape index (κ2) is 8.79. The normalized spacial score (nSPS) is 10.2. The molecule has 2 rings (SSSR count). The van der Waals surface area contributed by atoms with Gasteiger partial charge in [0.2, 0.25) is 0 Å². The van der Waals surface area contributed by atoms with Crippen LogP contribution in [0.3, 0.4) is 0 Å². The molecule has 2 aromatic rings. The van der Waals surface area contributed by atoms with Gasteiger partial charge in [-0.05, 0) is 36.8 Å². The fraction of sp³-hybridized carbons (Fsp3) is 0.263. The van der Waals surface area contributed by atoms with Crippen molar-refractivity contribution < 1.29 is 19.2 Å². The van der Waals surface area contributed by atoms with Gasteiger partial charge in [-0.15, -0.1) is 0 Å². The summed E-state index contributed by atoms with van der Waals surface area (Å²) in [6.45, 7) is 1.61. The van der Waals surface area contributed by atoms with Gasteiger partial charge in [-0.2, -0.15) is 0 Å². The average Bonchev–Trinajstić information content (AvgIpc) is 2.64. The first-order valence-electron chi connectivity index (χ1n) is 8.23. The van der Waals surface area contributed by atoms with Crippen LogP contribution in [0.15, 0.2) is 42.5 Å². The minimum absolute atomic E-state index is 0.0676. The molecule has 1 amide bonds. The number of Topliss-reactive ketones (excluding diaryl/α,β-unsaturated/α-hetero) is 1. The molecule has 0 atom stereocenters. The van der Waals surface area contributed by atoms with E-state index in [-0.39, 0.29) is 29.5 Å². The summed E-state index contributed by atoms with van der Waals surface area (Å²) < 4.78 is 5.46. The van der Waals surface area contributed by atoms with E-state index in [0.29, 0.717) is 18.0 Å². The molecule has 0 aromatic heterocycles. The zero-order valence-corrected chi connectivity index (χ0v) is 15.4. The Labute approximate surface area is 156 Å². The minimum Gasteiger partial charge on any atom is -0.484 e. The number of nitro groups is 1. The summed E-state index contributed by atoms with van der Waals surface area (Å²) in [7, 11) is 3.30. The Morgan fingerprint density at radius 2 is 1.93 bits per heavy atom. The van der Waals surface area contributed by atoms with E-state index < -0.39 is 4.92 Å². The Balaban J connectivity index is 2.08. The molecule has 0 bridgehead atoms. The van der Waals surface area contributed by atoms with Crippen molar-refractivity contribution in [1.82, 2.24) is 4.90 Å². The summed E-state index contributed by atoms with van der Waals surface area (Å²) in [6.07, 6.45) is 0. The Kier molecular flexibility index (Phi) is 6.48. The standard InChI is InChI=1S/C19H21N3O5/c1-13(23)15-7-8-17(18(10-15)22(25)26)20-11-14-5-4-6-16(9-14)27-12-19(24)21(2)3/h4-10,20H,11-12H2,1-3H3. The highest BCUT2D eigenvalue weighted by Gasteiger charge is 2.16. The van der Waals surface area contributed by atoms with Crippen LogP contribution < -0.4 is 10.1 Å². The molecule has 0 aliphatic heterocycles. The highest BCUT2D eigenvalue weighted by Crippen LogP contribution is 2.26. The van der Waals surface area contributed by atoms with Gasteiger partial charge in [-0.1, -0.05) is 12.1 Å². The lowest BCUT2D eigenvalue weighted by Crippen LogP contribution is -2.27. The first-order chi connectivity index (χ1) is 12.8. The zero-order valence-electron chi connectivity index (χ0n) is 15.4. The van der Waals surface area contributed by atoms with Gasteiger partial charge >= 0.3 is 0 Å². The third-order valence-electron chi connectivity index (χ3n) is 3.84. The van der Waals surface area contributed by atoms with Crippen molar-refractivity contribution in [3.8, 4) is 5.75 Å². The van der Waals surface area contributed by atoms with E-state index in [1.165, 1.54) is 24.0 Å². The quantitative estimate of drug-likeness (QED) is 0.435. The maximum Gasteiger partial charge on any atom is 0.293 e. The second-order valence-corrected chi connectivity index (χ2v) is 6.12. The van der Waals surface area contributed by atoms with Crippen LogP contribution in [0, 0.1) is 10.1 Å². The third-order valence-corrected chi connectivity index (χ3v) is 3.84. The van der Waals surface area contributed by atoms with Crippen molar-refractivity contribution in [3.63, 3.8) is 0 Å². The highest BCUT2D eigenvalue weighted by molar-refractivity contribution is 5.95. The molecule has 0 radical (unpaired) electrons. The number of amides is 1. The molecule has 0 saturated heterocycles. The summed E-state index contributed by atoms with van der Waals surface area (Å²) >= 11 is 0. The van der Waals surface area contributed by atoms with Gasteiger partial charge < -0.3 is 15.0 Å². The van der Waals surface area contributed by atoms with Gasteiger partial charge in [0.1, 0.15) is 11.4 Å². The predicted molar refractivity (Wildman–Crippen MR) is 101 cm³/mol. The van der Waals surface area contributed by atoms with E-state index in [1.54, 1.807) is 38.4 Å². The lowest BCUT2D eigenvalue weighted by Gasteiger charge is -2.12. The van der Waals surface area contributed by atoms with Gasteiger partial charge in [0.15, 0.2) is 12.4 Å². The highest BCUT2D eigenvalue weighted by atomic mass is 16.6. The van der Waals surface area contributed by atoms with Crippen molar-refractivity contribution in [2.24, 2.45) is 0 Å². The average molecular weight is 371 g/mol. The molecule has 8 nitrogen and oxygen atoms in total. The van der Waals surface area contributed by atoms with Crippen molar-refractivity contribution in [2.45, 2.75) is 13.5 Å². The van der Waals surface area contributed by atoms with Crippen molar-refractivity contribution in [2.75, 3.05) is 26.0 Å². The lowest BCUT2D eigenvalue weighted by molar-refractivity contribution is -0.384. The molecule has 0 heterocycles. The fourth-order valence-electron chi connectivity index (χ4n) is 2.27. The number of nitrogens with zero attached hydrogens (tertiary/aromatic N) is 2. The van der Waals surface area contributed by atoms with Crippen LogP contribution in [0.4, 0.5) is 11.4 Å². The molecular weight excluding hydrogens is 350 g/mol. The van der Waals surface area contributed by atoms with Crippen molar-refractivity contribution in [3.05, 3.63) is 63.7 Å². The SMILES string of the molecule is CC(=O)c1ccc(NCc2cccc(OCC(=O)N(C)C)c2)c([N+](=O)[O-])c1. The Bertz CT molecular complexity index is 864. The Morgan fingerprint density at radius 1 is 1.19 bits per heavy atom. The number of benzene rings is 2. The number of nitro benzene ring substituents is 1. The van der Waals surface area contributed by atoms with Crippen LogP contribution in [-0.2, 0) is 11.3 Å². The number of carbonyl (C=O) groups is 2. The van der Waals surface area contributed by atoms with Crippen LogP contribution in [0.2, 0.25) is 0 Å². The Morgan fingerprint density at radius 3 is 2.56 bits per heavy atom. The van der Waals surface area contributed by atoms with Gasteiger partial charge in [0, 0.05) is 32.3 Å².